The van der Waals surface area contributed by atoms with Gasteiger partial charge in [0.1, 0.15) is 0 Å². The van der Waals surface area contributed by atoms with Crippen LogP contribution in [0.1, 0.15) is 49.2 Å². The monoisotopic (exact) mass is 281 g/mol. The van der Waals surface area contributed by atoms with Crippen LogP contribution < -0.4 is 10.6 Å². The maximum Gasteiger partial charge on any atom is 0.185 e. The third-order valence-corrected chi connectivity index (χ3v) is 5.60. The van der Waals surface area contributed by atoms with E-state index in [1.807, 2.05) is 18.4 Å². The Morgan fingerprint density at radius 3 is 3.05 bits per heavy atom. The van der Waals surface area contributed by atoms with E-state index in [2.05, 4.69) is 11.8 Å². The summed E-state index contributed by atoms with van der Waals surface area (Å²) in [5.74, 6) is 0. The van der Waals surface area contributed by atoms with Gasteiger partial charge in [0.25, 0.3) is 0 Å². The van der Waals surface area contributed by atoms with E-state index in [1.165, 1.54) is 17.7 Å². The van der Waals surface area contributed by atoms with Gasteiger partial charge in [-0.25, -0.2) is 4.98 Å². The lowest BCUT2D eigenvalue weighted by Gasteiger charge is -2.39. The first-order chi connectivity index (χ1) is 9.11. The summed E-state index contributed by atoms with van der Waals surface area (Å²) >= 11 is 1.84. The number of ether oxygens (including phenoxy) is 1. The molecule has 0 amide bonds. The minimum Gasteiger partial charge on any atom is -0.377 e. The first-order valence-electron chi connectivity index (χ1n) is 7.16. The molecule has 1 fully saturated rings. The fourth-order valence-electron chi connectivity index (χ4n) is 3.11. The Bertz CT molecular complexity index is 462. The molecule has 4 nitrogen and oxygen atoms in total. The lowest BCUT2D eigenvalue weighted by atomic mass is 9.95. The number of aromatic nitrogens is 1. The summed E-state index contributed by atoms with van der Waals surface area (Å²) in [5, 5.41) is 1.14. The van der Waals surface area contributed by atoms with Crippen LogP contribution in [0, 0.1) is 0 Å². The van der Waals surface area contributed by atoms with Crippen LogP contribution >= 0.6 is 11.3 Å². The number of piperidine rings is 1. The van der Waals surface area contributed by atoms with Crippen LogP contribution in [0.15, 0.2) is 0 Å². The van der Waals surface area contributed by atoms with E-state index in [0.29, 0.717) is 0 Å². The normalized spacial score (nSPS) is 31.3. The molecule has 19 heavy (non-hydrogen) atoms. The smallest absolute Gasteiger partial charge is 0.185 e. The quantitative estimate of drug-likeness (QED) is 0.905. The molecule has 1 aromatic heterocycles. The minimum atomic E-state index is -0.0352. The van der Waals surface area contributed by atoms with E-state index in [4.69, 9.17) is 15.5 Å². The summed E-state index contributed by atoms with van der Waals surface area (Å²) in [4.78, 5) is 8.60. The predicted octanol–water partition coefficient (Wildman–Crippen LogP) is 2.48. The molecule has 2 N–H and O–H groups in total. The van der Waals surface area contributed by atoms with E-state index in [0.717, 1.165) is 43.2 Å². The number of thiazole rings is 1. The highest BCUT2D eigenvalue weighted by Gasteiger charge is 2.33. The minimum absolute atomic E-state index is 0.0352. The maximum atomic E-state index is 6.17. The van der Waals surface area contributed by atoms with Crippen LogP contribution in [0.4, 0.5) is 5.13 Å². The zero-order chi connectivity index (χ0) is 13.5. The number of aryl methyl sites for hydroxylation is 1. The van der Waals surface area contributed by atoms with E-state index >= 15 is 0 Å². The van der Waals surface area contributed by atoms with Crippen LogP contribution in [-0.2, 0) is 11.2 Å². The predicted molar refractivity (Wildman–Crippen MR) is 78.8 cm³/mol. The molecule has 5 heteroatoms. The lowest BCUT2D eigenvalue weighted by Crippen LogP contribution is -2.47. The molecule has 2 atom stereocenters. The van der Waals surface area contributed by atoms with Crippen molar-refractivity contribution >= 4 is 16.5 Å². The number of methoxy groups -OCH3 is 1. The molecule has 0 spiro atoms. The van der Waals surface area contributed by atoms with Crippen molar-refractivity contribution in [2.45, 2.75) is 50.7 Å². The van der Waals surface area contributed by atoms with Gasteiger partial charge >= 0.3 is 0 Å². The van der Waals surface area contributed by atoms with Crippen LogP contribution in [-0.4, -0.2) is 30.8 Å². The molecule has 0 aromatic carbocycles. The summed E-state index contributed by atoms with van der Waals surface area (Å²) in [6.45, 7) is 4.21. The Morgan fingerprint density at radius 1 is 1.47 bits per heavy atom. The fourth-order valence-corrected chi connectivity index (χ4v) is 4.31. The summed E-state index contributed by atoms with van der Waals surface area (Å²) in [6, 6.07) is 0.146. The highest BCUT2D eigenvalue weighted by molar-refractivity contribution is 7.15. The van der Waals surface area contributed by atoms with Crippen molar-refractivity contribution < 1.29 is 4.74 Å². The Balaban J connectivity index is 1.82. The zero-order valence-corrected chi connectivity index (χ0v) is 12.6. The molecule has 106 valence electrons. The Hall–Kier alpha value is -0.650. The first-order valence-corrected chi connectivity index (χ1v) is 7.98. The van der Waals surface area contributed by atoms with Crippen molar-refractivity contribution in [3.8, 4) is 0 Å². The van der Waals surface area contributed by atoms with Crippen molar-refractivity contribution in [2.75, 3.05) is 25.1 Å². The average Bonchev–Trinajstić information content (AvgIpc) is 2.84. The first kappa shape index (κ1) is 13.3. The van der Waals surface area contributed by atoms with Crippen molar-refractivity contribution in [2.24, 2.45) is 5.73 Å². The van der Waals surface area contributed by atoms with Gasteiger partial charge in [-0.2, -0.15) is 0 Å². The Morgan fingerprint density at radius 2 is 2.32 bits per heavy atom. The molecule has 0 bridgehead atoms. The SMILES string of the molecule is COC1(C)CCCN(c2nc3c(s2)CCCC3N)C1. The molecular weight excluding hydrogens is 258 g/mol. The number of anilines is 1. The molecule has 2 aliphatic rings. The number of rotatable bonds is 2. The molecule has 0 radical (unpaired) electrons. The molecule has 2 unspecified atom stereocenters. The Labute approximate surface area is 119 Å². The second kappa shape index (κ2) is 5.04. The van der Waals surface area contributed by atoms with Gasteiger partial charge in [-0.1, -0.05) is 0 Å². The molecule has 1 saturated heterocycles. The van der Waals surface area contributed by atoms with Crippen LogP contribution in [0.5, 0.6) is 0 Å². The van der Waals surface area contributed by atoms with Crippen LogP contribution in [0.25, 0.3) is 0 Å². The second-order valence-electron chi connectivity index (χ2n) is 5.98. The fraction of sp³-hybridized carbons (Fsp3) is 0.786. The third kappa shape index (κ3) is 2.51. The number of hydrogen-bond acceptors (Lipinski definition) is 5. The molecule has 2 heterocycles. The second-order valence-corrected chi connectivity index (χ2v) is 7.04. The van der Waals surface area contributed by atoms with Crippen molar-refractivity contribution in [3.63, 3.8) is 0 Å². The topological polar surface area (TPSA) is 51.4 Å². The summed E-state index contributed by atoms with van der Waals surface area (Å²) < 4.78 is 5.66. The third-order valence-electron chi connectivity index (χ3n) is 4.41. The van der Waals surface area contributed by atoms with Crippen molar-refractivity contribution in [3.05, 3.63) is 10.6 Å². The van der Waals surface area contributed by atoms with E-state index < -0.39 is 0 Å². The van der Waals surface area contributed by atoms with Gasteiger partial charge in [-0.3, -0.25) is 0 Å². The van der Waals surface area contributed by atoms with Gasteiger partial charge in [0.05, 0.1) is 11.3 Å². The van der Waals surface area contributed by atoms with E-state index in [-0.39, 0.29) is 11.6 Å². The standard InChI is InChI=1S/C14H23N3OS/c1-14(18-2)7-4-8-17(9-14)13-16-12-10(15)5-3-6-11(12)19-13/h10H,3-9,15H2,1-2H3. The number of fused-ring (bicyclic) bond motifs is 1. The van der Waals surface area contributed by atoms with Gasteiger partial charge in [-0.05, 0) is 39.0 Å². The van der Waals surface area contributed by atoms with Crippen LogP contribution in [0.3, 0.4) is 0 Å². The molecule has 1 aliphatic heterocycles. The lowest BCUT2D eigenvalue weighted by molar-refractivity contribution is -0.00466. The van der Waals surface area contributed by atoms with Gasteiger partial charge < -0.3 is 15.4 Å². The Kier molecular flexibility index (Phi) is 3.53. The van der Waals surface area contributed by atoms with Gasteiger partial charge in [-0.15, -0.1) is 11.3 Å². The van der Waals surface area contributed by atoms with E-state index in [9.17, 15) is 0 Å². The highest BCUT2D eigenvalue weighted by Crippen LogP contribution is 2.37. The summed E-state index contributed by atoms with van der Waals surface area (Å²) in [7, 11) is 1.81. The van der Waals surface area contributed by atoms with Crippen LogP contribution in [0.2, 0.25) is 0 Å². The maximum absolute atomic E-state index is 6.17. The largest absolute Gasteiger partial charge is 0.377 e. The molecule has 1 aliphatic carbocycles. The van der Waals surface area contributed by atoms with Crippen molar-refractivity contribution in [1.82, 2.24) is 4.98 Å². The number of nitrogens with zero attached hydrogens (tertiary/aromatic N) is 2. The molecule has 1 aromatic rings. The van der Waals surface area contributed by atoms with Gasteiger partial charge in [0.2, 0.25) is 0 Å². The average molecular weight is 281 g/mol. The summed E-state index contributed by atoms with van der Waals surface area (Å²) in [6.07, 6.45) is 5.72. The van der Waals surface area contributed by atoms with Crippen molar-refractivity contribution in [1.29, 1.82) is 0 Å². The van der Waals surface area contributed by atoms with Gasteiger partial charge in [0, 0.05) is 31.1 Å². The number of nitrogens with two attached hydrogens (primary N) is 1. The highest BCUT2D eigenvalue weighted by atomic mass is 32.1. The zero-order valence-electron chi connectivity index (χ0n) is 11.8. The summed E-state index contributed by atoms with van der Waals surface area (Å²) in [5.41, 5.74) is 7.28. The van der Waals surface area contributed by atoms with E-state index in [1.54, 1.807) is 0 Å². The molecule has 3 rings (SSSR count). The number of hydrogen-bond donors (Lipinski definition) is 1. The van der Waals surface area contributed by atoms with Gasteiger partial charge in [0.15, 0.2) is 5.13 Å². The molecular formula is C14H23N3OS. The molecule has 0 saturated carbocycles.